The molecule has 0 heterocycles. The highest BCUT2D eigenvalue weighted by molar-refractivity contribution is 6.74. The summed E-state index contributed by atoms with van der Waals surface area (Å²) < 4.78 is 6.21. The summed E-state index contributed by atoms with van der Waals surface area (Å²) in [6.07, 6.45) is 5.62. The standard InChI is InChI=1S/C23H34O2Si/c1-17(2)16-22(24)19(4)21-13-11-10-12-20(21)15-14-18(3)25-26(8,9)23(5,6)7/h10-16,19H,3H2,1-2,4-9H3/b15-14+. The van der Waals surface area contributed by atoms with Gasteiger partial charge >= 0.3 is 0 Å². The van der Waals surface area contributed by atoms with E-state index in [0.717, 1.165) is 16.7 Å². The zero-order valence-electron chi connectivity index (χ0n) is 17.6. The lowest BCUT2D eigenvalue weighted by molar-refractivity contribution is -0.115. The van der Waals surface area contributed by atoms with E-state index in [-0.39, 0.29) is 16.7 Å². The molecule has 1 rings (SSSR count). The Morgan fingerprint density at radius 1 is 1.19 bits per heavy atom. The normalized spacial score (nSPS) is 13.4. The lowest BCUT2D eigenvalue weighted by Gasteiger charge is -2.36. The van der Waals surface area contributed by atoms with Crippen molar-refractivity contribution >= 4 is 20.2 Å². The van der Waals surface area contributed by atoms with Crippen molar-refractivity contribution in [3.05, 3.63) is 65.5 Å². The van der Waals surface area contributed by atoms with Crippen molar-refractivity contribution in [3.63, 3.8) is 0 Å². The largest absolute Gasteiger partial charge is 0.544 e. The summed E-state index contributed by atoms with van der Waals surface area (Å²) in [5, 5.41) is 0.132. The third-order valence-electron chi connectivity index (χ3n) is 4.96. The molecule has 0 aliphatic rings. The Labute approximate surface area is 160 Å². The molecule has 26 heavy (non-hydrogen) atoms. The van der Waals surface area contributed by atoms with Gasteiger partial charge in [-0.05, 0) is 55.3 Å². The first-order chi connectivity index (χ1) is 11.8. The van der Waals surface area contributed by atoms with E-state index in [1.807, 2.05) is 57.2 Å². The van der Waals surface area contributed by atoms with Crippen LogP contribution in [0, 0.1) is 0 Å². The Balaban J connectivity index is 3.01. The zero-order valence-corrected chi connectivity index (χ0v) is 18.6. The molecule has 0 fully saturated rings. The molecule has 0 radical (unpaired) electrons. The quantitative estimate of drug-likeness (QED) is 0.226. The third-order valence-corrected chi connectivity index (χ3v) is 9.35. The number of benzene rings is 1. The summed E-state index contributed by atoms with van der Waals surface area (Å²) in [4.78, 5) is 12.4. The first-order valence-corrected chi connectivity index (χ1v) is 12.1. The summed E-state index contributed by atoms with van der Waals surface area (Å²) in [6, 6.07) is 7.99. The topological polar surface area (TPSA) is 26.3 Å². The molecule has 2 nitrogen and oxygen atoms in total. The van der Waals surface area contributed by atoms with E-state index in [0.29, 0.717) is 5.76 Å². The average molecular weight is 371 g/mol. The Bertz CT molecular complexity index is 714. The van der Waals surface area contributed by atoms with E-state index in [4.69, 9.17) is 4.43 Å². The van der Waals surface area contributed by atoms with Crippen molar-refractivity contribution in [1.82, 2.24) is 0 Å². The smallest absolute Gasteiger partial charge is 0.250 e. The second-order valence-corrected chi connectivity index (χ2v) is 13.4. The van der Waals surface area contributed by atoms with Gasteiger partial charge in [0, 0.05) is 5.92 Å². The minimum atomic E-state index is -1.89. The van der Waals surface area contributed by atoms with E-state index in [9.17, 15) is 4.79 Å². The first kappa shape index (κ1) is 22.2. The van der Waals surface area contributed by atoms with Gasteiger partial charge in [-0.25, -0.2) is 0 Å². The molecule has 0 saturated carbocycles. The molecule has 0 aromatic heterocycles. The molecule has 142 valence electrons. The van der Waals surface area contributed by atoms with Crippen LogP contribution in [0.3, 0.4) is 0 Å². The maximum Gasteiger partial charge on any atom is 0.250 e. The number of hydrogen-bond donors (Lipinski definition) is 0. The summed E-state index contributed by atoms with van der Waals surface area (Å²) in [5.74, 6) is 0.622. The second-order valence-electron chi connectivity index (χ2n) is 8.64. The average Bonchev–Trinajstić information content (AvgIpc) is 2.50. The molecular formula is C23H34O2Si. The molecule has 0 N–H and O–H groups in total. The van der Waals surface area contributed by atoms with Crippen LogP contribution in [0.5, 0.6) is 0 Å². The number of rotatable bonds is 7. The van der Waals surface area contributed by atoms with E-state index < -0.39 is 8.32 Å². The van der Waals surface area contributed by atoms with E-state index in [1.165, 1.54) is 0 Å². The van der Waals surface area contributed by atoms with Crippen molar-refractivity contribution < 1.29 is 9.22 Å². The van der Waals surface area contributed by atoms with Crippen LogP contribution in [0.25, 0.3) is 6.08 Å². The van der Waals surface area contributed by atoms with E-state index >= 15 is 0 Å². The first-order valence-electron chi connectivity index (χ1n) is 9.19. The van der Waals surface area contributed by atoms with Crippen molar-refractivity contribution in [1.29, 1.82) is 0 Å². The van der Waals surface area contributed by atoms with Gasteiger partial charge in [0.05, 0.1) is 5.76 Å². The Morgan fingerprint density at radius 3 is 2.31 bits per heavy atom. The fourth-order valence-corrected chi connectivity index (χ4v) is 3.35. The Morgan fingerprint density at radius 2 is 1.77 bits per heavy atom. The van der Waals surface area contributed by atoms with Gasteiger partial charge in [0.2, 0.25) is 8.32 Å². The maximum absolute atomic E-state index is 12.4. The second kappa shape index (κ2) is 8.68. The van der Waals surface area contributed by atoms with Gasteiger partial charge in [-0.1, -0.05) is 70.2 Å². The lowest BCUT2D eigenvalue weighted by atomic mass is 9.91. The van der Waals surface area contributed by atoms with Gasteiger partial charge in [0.15, 0.2) is 5.78 Å². The summed E-state index contributed by atoms with van der Waals surface area (Å²) in [5.41, 5.74) is 3.06. The van der Waals surface area contributed by atoms with Crippen molar-refractivity contribution in [2.75, 3.05) is 0 Å². The lowest BCUT2D eigenvalue weighted by Crippen LogP contribution is -2.40. The van der Waals surface area contributed by atoms with Crippen LogP contribution in [-0.4, -0.2) is 14.1 Å². The SMILES string of the molecule is C=C(/C=C/c1ccccc1C(C)C(=O)C=C(C)C)O[Si](C)(C)C(C)(C)C. The molecule has 1 aromatic rings. The van der Waals surface area contributed by atoms with Gasteiger partial charge in [0.1, 0.15) is 0 Å². The van der Waals surface area contributed by atoms with E-state index in [1.54, 1.807) is 6.08 Å². The van der Waals surface area contributed by atoms with Gasteiger partial charge in [0.25, 0.3) is 0 Å². The fraction of sp³-hybridized carbons (Fsp3) is 0.435. The predicted molar refractivity (Wildman–Crippen MR) is 116 cm³/mol. The minimum Gasteiger partial charge on any atom is -0.544 e. The number of hydrogen-bond acceptors (Lipinski definition) is 2. The molecule has 0 amide bonds. The number of allylic oxidation sites excluding steroid dienone is 3. The molecule has 1 unspecified atom stereocenters. The molecule has 0 aliphatic carbocycles. The highest BCUT2D eigenvalue weighted by atomic mass is 28.4. The summed E-state index contributed by atoms with van der Waals surface area (Å²) in [7, 11) is -1.89. The van der Waals surface area contributed by atoms with Crippen LogP contribution in [0.4, 0.5) is 0 Å². The highest BCUT2D eigenvalue weighted by Gasteiger charge is 2.38. The van der Waals surface area contributed by atoms with Crippen molar-refractivity contribution in [3.8, 4) is 0 Å². The summed E-state index contributed by atoms with van der Waals surface area (Å²) in [6.45, 7) is 21.0. The van der Waals surface area contributed by atoms with Crippen LogP contribution < -0.4 is 0 Å². The molecule has 3 heteroatoms. The molecule has 0 spiro atoms. The third kappa shape index (κ3) is 6.13. The fourth-order valence-electron chi connectivity index (χ4n) is 2.32. The van der Waals surface area contributed by atoms with Gasteiger partial charge in [-0.2, -0.15) is 0 Å². The monoisotopic (exact) mass is 370 g/mol. The predicted octanol–water partition coefficient (Wildman–Crippen LogP) is 6.87. The number of ketones is 1. The van der Waals surface area contributed by atoms with E-state index in [2.05, 4.69) is 40.4 Å². The number of carbonyl (C=O) groups is 1. The Hall–Kier alpha value is -1.87. The maximum atomic E-state index is 12.4. The van der Waals surface area contributed by atoms with Gasteiger partial charge in [-0.3, -0.25) is 4.79 Å². The van der Waals surface area contributed by atoms with Gasteiger partial charge in [-0.15, -0.1) is 0 Å². The van der Waals surface area contributed by atoms with Crippen LogP contribution in [0.15, 0.2) is 54.3 Å². The van der Waals surface area contributed by atoms with Crippen molar-refractivity contribution in [2.45, 2.75) is 65.6 Å². The molecule has 0 saturated heterocycles. The molecular weight excluding hydrogens is 336 g/mol. The molecule has 1 aromatic carbocycles. The molecule has 0 aliphatic heterocycles. The van der Waals surface area contributed by atoms with Crippen molar-refractivity contribution in [2.24, 2.45) is 0 Å². The van der Waals surface area contributed by atoms with Crippen LogP contribution in [-0.2, 0) is 9.22 Å². The van der Waals surface area contributed by atoms with Crippen LogP contribution >= 0.6 is 0 Å². The molecule has 1 atom stereocenters. The minimum absolute atomic E-state index is 0.127. The van der Waals surface area contributed by atoms with Gasteiger partial charge < -0.3 is 4.43 Å². The van der Waals surface area contributed by atoms with Crippen LogP contribution in [0.2, 0.25) is 18.1 Å². The highest BCUT2D eigenvalue weighted by Crippen LogP contribution is 2.38. The number of carbonyl (C=O) groups excluding carboxylic acids is 1. The summed E-state index contributed by atoms with van der Waals surface area (Å²) >= 11 is 0. The Kier molecular flexibility index (Phi) is 7.40. The zero-order chi connectivity index (χ0) is 20.1. The molecule has 0 bridgehead atoms. The van der Waals surface area contributed by atoms with Crippen LogP contribution in [0.1, 0.15) is 58.6 Å².